The van der Waals surface area contributed by atoms with E-state index in [4.69, 9.17) is 4.74 Å². The van der Waals surface area contributed by atoms with E-state index >= 15 is 0 Å². The normalized spacial score (nSPS) is 13.2. The molecule has 1 aromatic carbocycles. The predicted octanol–water partition coefficient (Wildman–Crippen LogP) is 1.63. The summed E-state index contributed by atoms with van der Waals surface area (Å²) in [5, 5.41) is 5.64. The van der Waals surface area contributed by atoms with Gasteiger partial charge in [-0.3, -0.25) is 19.3 Å². The van der Waals surface area contributed by atoms with Crippen LogP contribution < -0.4 is 5.32 Å². The minimum absolute atomic E-state index is 0.0763. The molecule has 1 aliphatic heterocycles. The molecule has 2 aromatic rings. The van der Waals surface area contributed by atoms with Crippen LogP contribution in [0.15, 0.2) is 29.6 Å². The van der Waals surface area contributed by atoms with Crippen molar-refractivity contribution in [1.29, 1.82) is 0 Å². The molecule has 2 heterocycles. The Bertz CT molecular complexity index is 798. The smallest absolute Gasteiger partial charge is 0.261 e. The number of rotatable bonds is 8. The van der Waals surface area contributed by atoms with Crippen LogP contribution in [0.5, 0.6) is 0 Å². The van der Waals surface area contributed by atoms with Gasteiger partial charge in [0.25, 0.3) is 11.8 Å². The number of ether oxygens (including phenoxy) is 1. The number of carbonyl (C=O) groups is 3. The van der Waals surface area contributed by atoms with E-state index in [0.717, 1.165) is 15.6 Å². The maximum absolute atomic E-state index is 12.2. The Morgan fingerprint density at radius 1 is 1.23 bits per heavy atom. The van der Waals surface area contributed by atoms with Crippen molar-refractivity contribution in [2.24, 2.45) is 0 Å². The van der Waals surface area contributed by atoms with Crippen molar-refractivity contribution in [3.05, 3.63) is 51.5 Å². The van der Waals surface area contributed by atoms with E-state index in [1.54, 1.807) is 31.4 Å². The summed E-state index contributed by atoms with van der Waals surface area (Å²) in [5.74, 6) is -0.882. The van der Waals surface area contributed by atoms with Crippen LogP contribution in [0.4, 0.5) is 0 Å². The van der Waals surface area contributed by atoms with Crippen LogP contribution >= 0.6 is 11.3 Å². The second kappa shape index (κ2) is 8.20. The minimum Gasteiger partial charge on any atom is -0.378 e. The van der Waals surface area contributed by atoms with E-state index in [1.807, 2.05) is 5.38 Å². The summed E-state index contributed by atoms with van der Waals surface area (Å²) in [4.78, 5) is 42.0. The SMILES string of the molecule is COCc1nc(CCNC(=O)CCN2C(=O)c3ccccc3C2=O)cs1. The number of methoxy groups -OCH3 is 1. The number of aromatic nitrogens is 1. The van der Waals surface area contributed by atoms with Gasteiger partial charge >= 0.3 is 0 Å². The number of nitrogens with zero attached hydrogens (tertiary/aromatic N) is 2. The highest BCUT2D eigenvalue weighted by molar-refractivity contribution is 7.09. The second-order valence-corrected chi connectivity index (χ2v) is 6.77. The molecule has 0 aliphatic carbocycles. The Kier molecular flexibility index (Phi) is 5.75. The van der Waals surface area contributed by atoms with Crippen LogP contribution in [0.1, 0.15) is 37.8 Å². The zero-order valence-electron chi connectivity index (χ0n) is 14.4. The van der Waals surface area contributed by atoms with Crippen molar-refractivity contribution in [3.63, 3.8) is 0 Å². The van der Waals surface area contributed by atoms with Gasteiger partial charge in [0.05, 0.1) is 23.4 Å². The number of imide groups is 1. The van der Waals surface area contributed by atoms with Gasteiger partial charge in [0.2, 0.25) is 5.91 Å². The van der Waals surface area contributed by atoms with E-state index in [0.29, 0.717) is 30.7 Å². The zero-order valence-corrected chi connectivity index (χ0v) is 15.2. The van der Waals surface area contributed by atoms with E-state index in [-0.39, 0.29) is 30.7 Å². The first-order valence-electron chi connectivity index (χ1n) is 8.24. The van der Waals surface area contributed by atoms with Crippen LogP contribution in [0.25, 0.3) is 0 Å². The average Bonchev–Trinajstić information content (AvgIpc) is 3.18. The van der Waals surface area contributed by atoms with Crippen LogP contribution in [0.2, 0.25) is 0 Å². The Morgan fingerprint density at radius 2 is 1.92 bits per heavy atom. The Balaban J connectivity index is 1.43. The zero-order chi connectivity index (χ0) is 18.5. The highest BCUT2D eigenvalue weighted by atomic mass is 32.1. The number of benzene rings is 1. The fraction of sp³-hybridized carbons (Fsp3) is 0.333. The van der Waals surface area contributed by atoms with E-state index in [9.17, 15) is 14.4 Å². The summed E-state index contributed by atoms with van der Waals surface area (Å²) < 4.78 is 5.02. The molecule has 8 heteroatoms. The standard InChI is InChI=1S/C18H19N3O4S/c1-25-10-16-20-12(11-26-16)6-8-19-15(22)7-9-21-17(23)13-4-2-3-5-14(13)18(21)24/h2-5,11H,6-10H2,1H3,(H,19,22). The van der Waals surface area contributed by atoms with Gasteiger partial charge in [0.15, 0.2) is 0 Å². The molecule has 0 saturated carbocycles. The van der Waals surface area contributed by atoms with Gasteiger partial charge in [-0.2, -0.15) is 0 Å². The van der Waals surface area contributed by atoms with E-state index in [1.165, 1.54) is 11.3 Å². The summed E-state index contributed by atoms with van der Waals surface area (Å²) in [6.45, 7) is 1.02. The first kappa shape index (κ1) is 18.2. The molecule has 0 radical (unpaired) electrons. The maximum atomic E-state index is 12.2. The monoisotopic (exact) mass is 373 g/mol. The van der Waals surface area contributed by atoms with Gasteiger partial charge < -0.3 is 10.1 Å². The van der Waals surface area contributed by atoms with Gasteiger partial charge in [0.1, 0.15) is 5.01 Å². The highest BCUT2D eigenvalue weighted by Gasteiger charge is 2.34. The van der Waals surface area contributed by atoms with Crippen LogP contribution in [-0.4, -0.2) is 47.8 Å². The third-order valence-electron chi connectivity index (χ3n) is 4.01. The van der Waals surface area contributed by atoms with Gasteiger partial charge in [-0.25, -0.2) is 4.98 Å². The number of carbonyl (C=O) groups excluding carboxylic acids is 3. The minimum atomic E-state index is -0.341. The number of nitrogens with one attached hydrogen (secondary N) is 1. The molecule has 0 fully saturated rings. The van der Waals surface area contributed by atoms with Gasteiger partial charge in [-0.1, -0.05) is 12.1 Å². The number of hydrogen-bond donors (Lipinski definition) is 1. The second-order valence-electron chi connectivity index (χ2n) is 5.82. The fourth-order valence-corrected chi connectivity index (χ4v) is 3.53. The quantitative estimate of drug-likeness (QED) is 0.711. The predicted molar refractivity (Wildman–Crippen MR) is 96.0 cm³/mol. The lowest BCUT2D eigenvalue weighted by Gasteiger charge is -2.13. The number of fused-ring (bicyclic) bond motifs is 1. The van der Waals surface area contributed by atoms with Crippen molar-refractivity contribution in [3.8, 4) is 0 Å². The molecule has 136 valence electrons. The third kappa shape index (κ3) is 3.97. The molecule has 3 rings (SSSR count). The lowest BCUT2D eigenvalue weighted by Crippen LogP contribution is -2.35. The van der Waals surface area contributed by atoms with Crippen molar-refractivity contribution >= 4 is 29.1 Å². The van der Waals surface area contributed by atoms with Gasteiger partial charge in [0, 0.05) is 38.4 Å². The molecule has 1 aromatic heterocycles. The number of amides is 3. The molecule has 26 heavy (non-hydrogen) atoms. The van der Waals surface area contributed by atoms with Crippen LogP contribution in [0.3, 0.4) is 0 Å². The summed E-state index contributed by atoms with van der Waals surface area (Å²) in [6, 6.07) is 6.69. The fourth-order valence-electron chi connectivity index (χ4n) is 2.73. The highest BCUT2D eigenvalue weighted by Crippen LogP contribution is 2.22. The first-order valence-corrected chi connectivity index (χ1v) is 9.12. The Hall–Kier alpha value is -2.58. The lowest BCUT2D eigenvalue weighted by molar-refractivity contribution is -0.121. The summed E-state index contributed by atoms with van der Waals surface area (Å²) in [5.41, 5.74) is 1.70. The molecule has 1 aliphatic rings. The number of hydrogen-bond acceptors (Lipinski definition) is 6. The third-order valence-corrected chi connectivity index (χ3v) is 4.88. The largest absolute Gasteiger partial charge is 0.378 e. The molecular formula is C18H19N3O4S. The molecule has 0 unspecified atom stereocenters. The molecular weight excluding hydrogens is 354 g/mol. The molecule has 0 saturated heterocycles. The number of thiazole rings is 1. The topological polar surface area (TPSA) is 88.6 Å². The van der Waals surface area contributed by atoms with Gasteiger partial charge in [-0.15, -0.1) is 11.3 Å². The van der Waals surface area contributed by atoms with Crippen LogP contribution in [0, 0.1) is 0 Å². The average molecular weight is 373 g/mol. The maximum Gasteiger partial charge on any atom is 0.261 e. The molecule has 0 bridgehead atoms. The molecule has 0 atom stereocenters. The van der Waals surface area contributed by atoms with E-state index in [2.05, 4.69) is 10.3 Å². The summed E-state index contributed by atoms with van der Waals surface area (Å²) in [7, 11) is 1.62. The van der Waals surface area contributed by atoms with Crippen LogP contribution in [-0.2, 0) is 22.6 Å². The van der Waals surface area contributed by atoms with Crippen molar-refractivity contribution < 1.29 is 19.1 Å². The van der Waals surface area contributed by atoms with E-state index < -0.39 is 0 Å². The lowest BCUT2D eigenvalue weighted by atomic mass is 10.1. The molecule has 1 N–H and O–H groups in total. The summed E-state index contributed by atoms with van der Waals surface area (Å²) in [6.07, 6.45) is 0.705. The van der Waals surface area contributed by atoms with Crippen molar-refractivity contribution in [2.45, 2.75) is 19.4 Å². The Labute approximate surface area is 155 Å². The van der Waals surface area contributed by atoms with Crippen molar-refractivity contribution in [2.75, 3.05) is 20.2 Å². The van der Waals surface area contributed by atoms with Gasteiger partial charge in [-0.05, 0) is 12.1 Å². The molecule has 7 nitrogen and oxygen atoms in total. The first-order chi connectivity index (χ1) is 12.6. The molecule has 0 spiro atoms. The molecule has 3 amide bonds. The van der Waals surface area contributed by atoms with Crippen molar-refractivity contribution in [1.82, 2.24) is 15.2 Å². The summed E-state index contributed by atoms with van der Waals surface area (Å²) >= 11 is 1.52. The Morgan fingerprint density at radius 3 is 2.58 bits per heavy atom.